The number of rotatable bonds is 3. The van der Waals surface area contributed by atoms with Gasteiger partial charge in [-0.15, -0.1) is 0 Å². The molecule has 0 spiro atoms. The monoisotopic (exact) mass is 286 g/mol. The summed E-state index contributed by atoms with van der Waals surface area (Å²) in [5, 5.41) is 0. The highest BCUT2D eigenvalue weighted by atomic mass is 16.7. The van der Waals surface area contributed by atoms with E-state index in [9.17, 15) is 4.79 Å². The molecule has 0 bridgehead atoms. The smallest absolute Gasteiger partial charge is 0.209 e. The summed E-state index contributed by atoms with van der Waals surface area (Å²) in [5.74, 6) is 0.508. The topological polar surface area (TPSA) is 53.4 Å². The third-order valence-electron chi connectivity index (χ3n) is 3.53. The molecule has 0 aromatic carbocycles. The number of ether oxygens (including phenoxy) is 2. The highest BCUT2D eigenvalue weighted by Crippen LogP contribution is 2.27. The van der Waals surface area contributed by atoms with Gasteiger partial charge in [0.1, 0.15) is 5.56 Å². The maximum absolute atomic E-state index is 12.3. The molecule has 110 valence electrons. The first-order valence-corrected chi connectivity index (χ1v) is 7.15. The van der Waals surface area contributed by atoms with E-state index in [1.165, 1.54) is 6.07 Å². The van der Waals surface area contributed by atoms with Gasteiger partial charge in [0.2, 0.25) is 12.2 Å². The van der Waals surface area contributed by atoms with Crippen LogP contribution in [0.2, 0.25) is 0 Å². The molecule has 5 heteroatoms. The van der Waals surface area contributed by atoms with Crippen LogP contribution in [0, 0.1) is 0 Å². The second kappa shape index (κ2) is 6.10. The maximum Gasteiger partial charge on any atom is 0.209 e. The highest BCUT2D eigenvalue weighted by molar-refractivity contribution is 5.64. The molecule has 0 aliphatic carbocycles. The maximum atomic E-state index is 12.3. The summed E-state index contributed by atoms with van der Waals surface area (Å²) in [6.07, 6.45) is 6.04. The average molecular weight is 286 g/mol. The quantitative estimate of drug-likeness (QED) is 0.869. The van der Waals surface area contributed by atoms with Crippen LogP contribution in [0.4, 0.5) is 0 Å². The minimum Gasteiger partial charge on any atom is -0.449 e. The van der Waals surface area contributed by atoms with Crippen molar-refractivity contribution in [1.82, 2.24) is 9.55 Å². The van der Waals surface area contributed by atoms with Gasteiger partial charge in [-0.25, -0.2) is 0 Å². The van der Waals surface area contributed by atoms with Crippen LogP contribution in [0.3, 0.4) is 0 Å². The molecule has 1 aliphatic rings. The van der Waals surface area contributed by atoms with Gasteiger partial charge in [0.25, 0.3) is 0 Å². The molecule has 0 amide bonds. The van der Waals surface area contributed by atoms with Gasteiger partial charge in [-0.3, -0.25) is 9.78 Å². The lowest BCUT2D eigenvalue weighted by Crippen LogP contribution is -2.27. The van der Waals surface area contributed by atoms with E-state index < -0.39 is 0 Å². The van der Waals surface area contributed by atoms with Crippen molar-refractivity contribution in [1.29, 1.82) is 0 Å². The lowest BCUT2D eigenvalue weighted by Gasteiger charge is -2.25. The zero-order chi connectivity index (χ0) is 14.7. The molecule has 1 unspecified atom stereocenters. The summed E-state index contributed by atoms with van der Waals surface area (Å²) in [6, 6.07) is 7.02. The fourth-order valence-corrected chi connectivity index (χ4v) is 2.43. The molecule has 2 aromatic heterocycles. The Balaban J connectivity index is 2.02. The normalized spacial score (nSPS) is 18.4. The van der Waals surface area contributed by atoms with E-state index in [-0.39, 0.29) is 11.7 Å². The van der Waals surface area contributed by atoms with Crippen molar-refractivity contribution in [3.63, 3.8) is 0 Å². The first-order valence-electron chi connectivity index (χ1n) is 7.15. The zero-order valence-electron chi connectivity index (χ0n) is 12.0. The first-order chi connectivity index (χ1) is 10.3. The van der Waals surface area contributed by atoms with E-state index in [4.69, 9.17) is 9.47 Å². The molecule has 3 rings (SSSR count). The van der Waals surface area contributed by atoms with Crippen molar-refractivity contribution in [2.75, 3.05) is 6.61 Å². The molecular weight excluding hydrogens is 268 g/mol. The predicted molar refractivity (Wildman–Crippen MR) is 79.1 cm³/mol. The van der Waals surface area contributed by atoms with Gasteiger partial charge in [0, 0.05) is 31.9 Å². The van der Waals surface area contributed by atoms with Crippen LogP contribution in [0.5, 0.6) is 5.88 Å². The van der Waals surface area contributed by atoms with Gasteiger partial charge in [-0.2, -0.15) is 0 Å². The SMILES string of the molecule is Cn1ccc(=O)c(-c2ccccn2)c1OC1CCCCO1. The Hall–Kier alpha value is -2.14. The number of hydrogen-bond acceptors (Lipinski definition) is 4. The Bertz CT molecular complexity index is 661. The summed E-state index contributed by atoms with van der Waals surface area (Å²) in [4.78, 5) is 16.5. The lowest BCUT2D eigenvalue weighted by molar-refractivity contribution is -0.108. The van der Waals surface area contributed by atoms with Gasteiger partial charge in [-0.1, -0.05) is 6.07 Å². The summed E-state index contributed by atoms with van der Waals surface area (Å²) < 4.78 is 13.4. The fraction of sp³-hybridized carbons (Fsp3) is 0.375. The van der Waals surface area contributed by atoms with Crippen molar-refractivity contribution in [2.24, 2.45) is 7.05 Å². The minimum absolute atomic E-state index is 0.0994. The molecule has 1 saturated heterocycles. The van der Waals surface area contributed by atoms with Gasteiger partial charge < -0.3 is 14.0 Å². The standard InChI is InChI=1S/C16H18N2O3/c1-18-10-8-13(19)15(12-6-2-4-9-17-12)16(18)21-14-7-3-5-11-20-14/h2,4,6,8-10,14H,3,5,7,11H2,1H3. The van der Waals surface area contributed by atoms with Crippen molar-refractivity contribution in [3.8, 4) is 17.1 Å². The molecule has 0 saturated carbocycles. The van der Waals surface area contributed by atoms with E-state index in [0.29, 0.717) is 23.7 Å². The van der Waals surface area contributed by atoms with Crippen LogP contribution in [-0.4, -0.2) is 22.4 Å². The number of aryl methyl sites for hydroxylation is 1. The van der Waals surface area contributed by atoms with Crippen molar-refractivity contribution < 1.29 is 9.47 Å². The van der Waals surface area contributed by atoms with Gasteiger partial charge >= 0.3 is 0 Å². The Labute approximate surface area is 123 Å². The number of hydrogen-bond donors (Lipinski definition) is 0. The Morgan fingerprint density at radius 1 is 1.33 bits per heavy atom. The van der Waals surface area contributed by atoms with Crippen LogP contribution in [0.1, 0.15) is 19.3 Å². The second-order valence-corrected chi connectivity index (χ2v) is 5.10. The minimum atomic E-state index is -0.297. The van der Waals surface area contributed by atoms with Crippen LogP contribution in [0.25, 0.3) is 11.3 Å². The average Bonchev–Trinajstić information content (AvgIpc) is 2.53. The molecule has 21 heavy (non-hydrogen) atoms. The van der Waals surface area contributed by atoms with Crippen LogP contribution in [0.15, 0.2) is 41.5 Å². The Morgan fingerprint density at radius 2 is 2.24 bits per heavy atom. The second-order valence-electron chi connectivity index (χ2n) is 5.10. The number of aromatic nitrogens is 2. The van der Waals surface area contributed by atoms with E-state index in [1.807, 2.05) is 25.2 Å². The van der Waals surface area contributed by atoms with Crippen molar-refractivity contribution >= 4 is 0 Å². The molecule has 0 N–H and O–H groups in total. The summed E-state index contributed by atoms with van der Waals surface area (Å²) >= 11 is 0. The van der Waals surface area contributed by atoms with Crippen LogP contribution >= 0.6 is 0 Å². The van der Waals surface area contributed by atoms with E-state index in [2.05, 4.69) is 4.98 Å². The largest absolute Gasteiger partial charge is 0.449 e. The molecule has 2 aromatic rings. The summed E-state index contributed by atoms with van der Waals surface area (Å²) in [6.45, 7) is 0.699. The Kier molecular flexibility index (Phi) is 4.01. The first kappa shape index (κ1) is 13.8. The van der Waals surface area contributed by atoms with Gasteiger partial charge in [-0.05, 0) is 25.0 Å². The zero-order valence-corrected chi connectivity index (χ0v) is 12.0. The Morgan fingerprint density at radius 3 is 2.95 bits per heavy atom. The van der Waals surface area contributed by atoms with Crippen LogP contribution in [-0.2, 0) is 11.8 Å². The summed E-state index contributed by atoms with van der Waals surface area (Å²) in [7, 11) is 1.85. The molecule has 1 fully saturated rings. The number of pyridine rings is 2. The third kappa shape index (κ3) is 2.97. The highest BCUT2D eigenvalue weighted by Gasteiger charge is 2.21. The number of nitrogens with zero attached hydrogens (tertiary/aromatic N) is 2. The predicted octanol–water partition coefficient (Wildman–Crippen LogP) is 2.35. The summed E-state index contributed by atoms with van der Waals surface area (Å²) in [5.41, 5.74) is 0.997. The van der Waals surface area contributed by atoms with E-state index >= 15 is 0 Å². The van der Waals surface area contributed by atoms with E-state index in [1.54, 1.807) is 17.0 Å². The van der Waals surface area contributed by atoms with Gasteiger partial charge in [0.15, 0.2) is 5.43 Å². The van der Waals surface area contributed by atoms with Crippen molar-refractivity contribution in [3.05, 3.63) is 46.9 Å². The molecule has 1 atom stereocenters. The van der Waals surface area contributed by atoms with E-state index in [0.717, 1.165) is 19.3 Å². The van der Waals surface area contributed by atoms with Crippen molar-refractivity contribution in [2.45, 2.75) is 25.6 Å². The lowest BCUT2D eigenvalue weighted by atomic mass is 10.1. The molecule has 1 aliphatic heterocycles. The third-order valence-corrected chi connectivity index (χ3v) is 3.53. The molecule has 0 radical (unpaired) electrons. The van der Waals surface area contributed by atoms with Crippen LogP contribution < -0.4 is 10.2 Å². The molecule has 3 heterocycles. The fourth-order valence-electron chi connectivity index (χ4n) is 2.43. The van der Waals surface area contributed by atoms with Gasteiger partial charge in [0.05, 0.1) is 12.3 Å². The molecule has 5 nitrogen and oxygen atoms in total. The molecular formula is C16H18N2O3.